The van der Waals surface area contributed by atoms with Crippen molar-refractivity contribution in [2.75, 3.05) is 40.4 Å². The summed E-state index contributed by atoms with van der Waals surface area (Å²) in [6.07, 6.45) is 0.716. The lowest BCUT2D eigenvalue weighted by Crippen LogP contribution is -2.50. The lowest BCUT2D eigenvalue weighted by molar-refractivity contribution is 0.0534. The molecule has 6 heteroatoms. The minimum atomic E-state index is -0.0374. The minimum Gasteiger partial charge on any atom is -0.493 e. The third-order valence-corrected chi connectivity index (χ3v) is 5.10. The summed E-state index contributed by atoms with van der Waals surface area (Å²) in [4.78, 5) is 29.3. The van der Waals surface area contributed by atoms with Gasteiger partial charge in [0.25, 0.3) is 11.8 Å². The molecule has 1 aliphatic rings. The van der Waals surface area contributed by atoms with Gasteiger partial charge < -0.3 is 19.3 Å². The maximum absolute atomic E-state index is 13.1. The van der Waals surface area contributed by atoms with Crippen LogP contribution in [0, 0.1) is 0 Å². The van der Waals surface area contributed by atoms with Crippen LogP contribution in [0.4, 0.5) is 0 Å². The molecule has 0 spiro atoms. The van der Waals surface area contributed by atoms with Crippen LogP contribution in [0.2, 0.25) is 0 Å². The minimum absolute atomic E-state index is 0.00747. The Kier molecular flexibility index (Phi) is 6.19. The first-order valence-electron chi connectivity index (χ1n) is 9.47. The first-order valence-corrected chi connectivity index (χ1v) is 9.47. The summed E-state index contributed by atoms with van der Waals surface area (Å²) in [5.74, 6) is 1.13. The molecule has 28 heavy (non-hydrogen) atoms. The highest BCUT2D eigenvalue weighted by molar-refractivity contribution is 5.97. The topological polar surface area (TPSA) is 59.1 Å². The number of nitrogens with zero attached hydrogens (tertiary/aromatic N) is 2. The third-order valence-electron chi connectivity index (χ3n) is 5.10. The highest BCUT2D eigenvalue weighted by Crippen LogP contribution is 2.31. The van der Waals surface area contributed by atoms with Crippen LogP contribution in [0.15, 0.2) is 42.5 Å². The number of piperazine rings is 1. The van der Waals surface area contributed by atoms with Crippen LogP contribution in [0.5, 0.6) is 11.5 Å². The van der Waals surface area contributed by atoms with Gasteiger partial charge in [0.1, 0.15) is 0 Å². The SMILES string of the molecule is CCc1cc(OC)c(OC)cc1C(=O)N1CCN(C(=O)c2ccccc2)CC1. The van der Waals surface area contributed by atoms with Gasteiger partial charge in [0.05, 0.1) is 14.2 Å². The maximum Gasteiger partial charge on any atom is 0.254 e. The summed E-state index contributed by atoms with van der Waals surface area (Å²) in [6, 6.07) is 12.9. The van der Waals surface area contributed by atoms with Crippen molar-refractivity contribution < 1.29 is 19.1 Å². The number of methoxy groups -OCH3 is 2. The molecule has 0 aromatic heterocycles. The average molecular weight is 382 g/mol. The van der Waals surface area contributed by atoms with Gasteiger partial charge in [-0.25, -0.2) is 0 Å². The molecule has 148 valence electrons. The van der Waals surface area contributed by atoms with Crippen molar-refractivity contribution >= 4 is 11.8 Å². The van der Waals surface area contributed by atoms with Crippen molar-refractivity contribution in [2.24, 2.45) is 0 Å². The van der Waals surface area contributed by atoms with Gasteiger partial charge in [-0.3, -0.25) is 9.59 Å². The van der Waals surface area contributed by atoms with E-state index in [-0.39, 0.29) is 11.8 Å². The lowest BCUT2D eigenvalue weighted by Gasteiger charge is -2.35. The summed E-state index contributed by atoms with van der Waals surface area (Å²) in [7, 11) is 3.15. The van der Waals surface area contributed by atoms with Gasteiger partial charge in [0.15, 0.2) is 11.5 Å². The van der Waals surface area contributed by atoms with E-state index in [4.69, 9.17) is 9.47 Å². The number of rotatable bonds is 5. The molecule has 0 bridgehead atoms. The number of ether oxygens (including phenoxy) is 2. The Labute approximate surface area is 165 Å². The Hall–Kier alpha value is -3.02. The number of carbonyl (C=O) groups is 2. The van der Waals surface area contributed by atoms with E-state index in [0.29, 0.717) is 55.2 Å². The summed E-state index contributed by atoms with van der Waals surface area (Å²) in [5, 5.41) is 0. The van der Waals surface area contributed by atoms with Gasteiger partial charge in [-0.15, -0.1) is 0 Å². The van der Waals surface area contributed by atoms with Crippen molar-refractivity contribution in [3.8, 4) is 11.5 Å². The van der Waals surface area contributed by atoms with Crippen molar-refractivity contribution in [3.63, 3.8) is 0 Å². The van der Waals surface area contributed by atoms with Crippen LogP contribution in [-0.4, -0.2) is 62.0 Å². The third kappa shape index (κ3) is 3.96. The van der Waals surface area contributed by atoms with Gasteiger partial charge >= 0.3 is 0 Å². The van der Waals surface area contributed by atoms with Crippen molar-refractivity contribution in [1.82, 2.24) is 9.80 Å². The molecule has 3 rings (SSSR count). The van der Waals surface area contributed by atoms with Crippen LogP contribution in [-0.2, 0) is 6.42 Å². The standard InChI is InChI=1S/C22H26N2O4/c1-4-16-14-19(27-2)20(28-3)15-18(16)22(26)24-12-10-23(11-13-24)21(25)17-8-6-5-7-9-17/h5-9,14-15H,4,10-13H2,1-3H3. The molecule has 2 aromatic rings. The molecule has 0 atom stereocenters. The van der Waals surface area contributed by atoms with Crippen LogP contribution in [0.3, 0.4) is 0 Å². The largest absolute Gasteiger partial charge is 0.493 e. The fourth-order valence-electron chi connectivity index (χ4n) is 3.46. The van der Waals surface area contributed by atoms with Gasteiger partial charge in [-0.05, 0) is 36.2 Å². The van der Waals surface area contributed by atoms with E-state index in [2.05, 4.69) is 0 Å². The smallest absolute Gasteiger partial charge is 0.254 e. The number of hydrogen-bond acceptors (Lipinski definition) is 4. The molecular formula is C22H26N2O4. The van der Waals surface area contributed by atoms with E-state index in [1.165, 1.54) is 0 Å². The van der Waals surface area contributed by atoms with Crippen molar-refractivity contribution in [2.45, 2.75) is 13.3 Å². The molecule has 1 fully saturated rings. The van der Waals surface area contributed by atoms with Crippen molar-refractivity contribution in [3.05, 3.63) is 59.2 Å². The van der Waals surface area contributed by atoms with Crippen LogP contribution >= 0.6 is 0 Å². The quantitative estimate of drug-likeness (QED) is 0.798. The van der Waals surface area contributed by atoms with E-state index < -0.39 is 0 Å². The predicted molar refractivity (Wildman–Crippen MR) is 107 cm³/mol. The van der Waals surface area contributed by atoms with Gasteiger partial charge in [-0.2, -0.15) is 0 Å². The van der Waals surface area contributed by atoms with Crippen LogP contribution in [0.25, 0.3) is 0 Å². The van der Waals surface area contributed by atoms with E-state index in [1.54, 1.807) is 30.1 Å². The van der Waals surface area contributed by atoms with Gasteiger partial charge in [-0.1, -0.05) is 25.1 Å². The maximum atomic E-state index is 13.1. The molecule has 2 aromatic carbocycles. The molecule has 1 aliphatic heterocycles. The number of amides is 2. The molecular weight excluding hydrogens is 356 g/mol. The first kappa shape index (κ1) is 19.7. The molecule has 0 aliphatic carbocycles. The zero-order valence-electron chi connectivity index (χ0n) is 16.6. The number of benzene rings is 2. The molecule has 1 heterocycles. The Bertz CT molecular complexity index is 843. The summed E-state index contributed by atoms with van der Waals surface area (Å²) >= 11 is 0. The first-order chi connectivity index (χ1) is 13.6. The Morgan fingerprint density at radius 2 is 1.39 bits per heavy atom. The summed E-state index contributed by atoms with van der Waals surface area (Å²) < 4.78 is 10.7. The zero-order chi connectivity index (χ0) is 20.1. The highest BCUT2D eigenvalue weighted by atomic mass is 16.5. The normalized spacial score (nSPS) is 14.0. The predicted octanol–water partition coefficient (Wildman–Crippen LogP) is 2.86. The second kappa shape index (κ2) is 8.78. The van der Waals surface area contributed by atoms with E-state index in [0.717, 1.165) is 5.56 Å². The fourth-order valence-corrected chi connectivity index (χ4v) is 3.46. The number of aryl methyl sites for hydroxylation is 1. The Balaban J connectivity index is 1.72. The molecule has 1 saturated heterocycles. The second-order valence-corrected chi connectivity index (χ2v) is 6.67. The van der Waals surface area contributed by atoms with E-state index in [1.807, 2.05) is 43.3 Å². The van der Waals surface area contributed by atoms with Crippen LogP contribution in [0.1, 0.15) is 33.2 Å². The summed E-state index contributed by atoms with van der Waals surface area (Å²) in [5.41, 5.74) is 2.23. The number of hydrogen-bond donors (Lipinski definition) is 0. The van der Waals surface area contributed by atoms with Gasteiger partial charge in [0.2, 0.25) is 0 Å². The molecule has 0 saturated carbocycles. The zero-order valence-corrected chi connectivity index (χ0v) is 16.6. The van der Waals surface area contributed by atoms with E-state index >= 15 is 0 Å². The molecule has 0 unspecified atom stereocenters. The Morgan fingerprint density at radius 3 is 1.93 bits per heavy atom. The average Bonchev–Trinajstić information content (AvgIpc) is 2.77. The van der Waals surface area contributed by atoms with Crippen LogP contribution < -0.4 is 9.47 Å². The molecule has 0 N–H and O–H groups in total. The van der Waals surface area contributed by atoms with Gasteiger partial charge in [0, 0.05) is 37.3 Å². The highest BCUT2D eigenvalue weighted by Gasteiger charge is 2.27. The number of carbonyl (C=O) groups excluding carboxylic acids is 2. The second-order valence-electron chi connectivity index (χ2n) is 6.67. The fraction of sp³-hybridized carbons (Fsp3) is 0.364. The molecule has 2 amide bonds. The molecule has 6 nitrogen and oxygen atoms in total. The molecule has 0 radical (unpaired) electrons. The van der Waals surface area contributed by atoms with Crippen molar-refractivity contribution in [1.29, 1.82) is 0 Å². The van der Waals surface area contributed by atoms with E-state index in [9.17, 15) is 9.59 Å². The Morgan fingerprint density at radius 1 is 0.857 bits per heavy atom. The summed E-state index contributed by atoms with van der Waals surface area (Å²) in [6.45, 7) is 4.07. The lowest BCUT2D eigenvalue weighted by atomic mass is 10.0. The monoisotopic (exact) mass is 382 g/mol.